The van der Waals surface area contributed by atoms with E-state index in [4.69, 9.17) is 14.7 Å². The zero-order chi connectivity index (χ0) is 40.2. The number of nitrogens with zero attached hydrogens (tertiary/aromatic N) is 6. The first-order chi connectivity index (χ1) is 28.2. The zero-order valence-electron chi connectivity index (χ0n) is 33.7. The number of nitrogens with one attached hydrogen (secondary N) is 2. The number of carbonyl (C=O) groups excluding carboxylic acids is 2. The van der Waals surface area contributed by atoms with Crippen LogP contribution in [0.3, 0.4) is 0 Å². The predicted molar refractivity (Wildman–Crippen MR) is 226 cm³/mol. The number of amides is 2. The maximum Gasteiger partial charge on any atom is 0.245 e. The van der Waals surface area contributed by atoms with Gasteiger partial charge in [-0.15, -0.1) is 0 Å². The molecule has 0 saturated carbocycles. The molecule has 0 spiro atoms. The monoisotopic (exact) mass is 776 g/mol. The van der Waals surface area contributed by atoms with Gasteiger partial charge in [0.1, 0.15) is 29.2 Å². The number of benzene rings is 4. The second-order valence-electron chi connectivity index (χ2n) is 15.9. The van der Waals surface area contributed by atoms with Gasteiger partial charge >= 0.3 is 0 Å². The second-order valence-corrected chi connectivity index (χ2v) is 15.9. The Kier molecular flexibility index (Phi) is 11.5. The Morgan fingerprint density at radius 1 is 0.655 bits per heavy atom. The maximum absolute atomic E-state index is 14.0. The van der Waals surface area contributed by atoms with E-state index in [0.717, 1.165) is 89.0 Å². The Balaban J connectivity index is 0.897. The fraction of sp³-hybridized carbons (Fsp3) is 0.319. The number of carbonyl (C=O) groups is 2. The molecule has 6 aromatic rings. The largest absolute Gasteiger partial charge is 0.457 e. The number of rotatable bonds is 13. The Morgan fingerprint density at radius 3 is 1.59 bits per heavy atom. The van der Waals surface area contributed by atoms with Crippen molar-refractivity contribution in [3.63, 3.8) is 0 Å². The summed E-state index contributed by atoms with van der Waals surface area (Å²) >= 11 is 0. The summed E-state index contributed by atoms with van der Waals surface area (Å²) in [5, 5.41) is 0. The number of likely N-dealkylation sites (N-methyl/N-ethyl adjacent to an activating group) is 2. The number of likely N-dealkylation sites (tertiary alicyclic amines) is 2. The lowest BCUT2D eigenvalue weighted by molar-refractivity contribution is -0.137. The highest BCUT2D eigenvalue weighted by Crippen LogP contribution is 2.37. The van der Waals surface area contributed by atoms with E-state index in [0.29, 0.717) is 13.1 Å². The highest BCUT2D eigenvalue weighted by molar-refractivity contribution is 5.85. The molecule has 298 valence electrons. The molecule has 4 heterocycles. The molecule has 2 saturated heterocycles. The van der Waals surface area contributed by atoms with E-state index in [-0.39, 0.29) is 35.9 Å². The first-order valence-electron chi connectivity index (χ1n) is 20.2. The van der Waals surface area contributed by atoms with E-state index in [1.807, 2.05) is 164 Å². The summed E-state index contributed by atoms with van der Waals surface area (Å²) in [5.41, 5.74) is 5.79. The summed E-state index contributed by atoms with van der Waals surface area (Å²) in [4.78, 5) is 52.5. The van der Waals surface area contributed by atoms with E-state index in [2.05, 4.69) is 14.9 Å². The van der Waals surface area contributed by atoms with Crippen LogP contribution >= 0.6 is 0 Å². The molecule has 11 heteroatoms. The van der Waals surface area contributed by atoms with Crippen LogP contribution in [0.4, 0.5) is 0 Å². The number of ether oxygens (including phenoxy) is 1. The molecule has 2 fully saturated rings. The number of hydrogen-bond acceptors (Lipinski definition) is 7. The highest BCUT2D eigenvalue weighted by Gasteiger charge is 2.38. The second kappa shape index (κ2) is 17.2. The van der Waals surface area contributed by atoms with Crippen molar-refractivity contribution >= 4 is 11.8 Å². The highest BCUT2D eigenvalue weighted by atomic mass is 16.5. The standard InChI is InChI=1S/C47H52N8O3/c1-52(2)31-38(32-13-7-5-8-14-32)46(56)54-27-11-17-41(54)44-48-29-39(50-44)33-19-23-36(24-20-33)58-37-25-21-34(22-26-37)40-30-49-45(51-40)42-18-12-28-55(42)47(57)43(53(3)4)35-15-9-6-10-16-35/h5-10,13-16,19-26,29-30,38,41-43H,11-12,17-18,27-28,31H2,1-4H3,(H,48,50)(H,49,51)/t38-,41+,42+,43-/m1/s1. The molecule has 2 aliphatic rings. The molecule has 0 bridgehead atoms. The van der Waals surface area contributed by atoms with E-state index >= 15 is 0 Å². The average Bonchev–Trinajstić information content (AvgIpc) is 4.08. The minimum absolute atomic E-state index is 0.0871. The van der Waals surface area contributed by atoms with Crippen molar-refractivity contribution in [3.05, 3.63) is 144 Å². The summed E-state index contributed by atoms with van der Waals surface area (Å²) in [6.45, 7) is 2.08. The van der Waals surface area contributed by atoms with E-state index in [9.17, 15) is 9.59 Å². The van der Waals surface area contributed by atoms with Crippen molar-refractivity contribution in [2.45, 2.75) is 49.7 Å². The van der Waals surface area contributed by atoms with Crippen LogP contribution in [0.2, 0.25) is 0 Å². The van der Waals surface area contributed by atoms with Gasteiger partial charge in [-0.2, -0.15) is 0 Å². The summed E-state index contributed by atoms with van der Waals surface area (Å²) in [6.07, 6.45) is 7.33. The van der Waals surface area contributed by atoms with Crippen LogP contribution in [0.1, 0.15) is 72.5 Å². The van der Waals surface area contributed by atoms with Crippen molar-refractivity contribution in [2.24, 2.45) is 0 Å². The van der Waals surface area contributed by atoms with Crippen LogP contribution in [0, 0.1) is 0 Å². The third-order valence-corrected chi connectivity index (χ3v) is 11.4. The van der Waals surface area contributed by atoms with Gasteiger partial charge < -0.3 is 29.4 Å². The lowest BCUT2D eigenvalue weighted by atomic mass is 9.96. The lowest BCUT2D eigenvalue weighted by Crippen LogP contribution is -2.40. The Labute approximate surface area is 340 Å². The minimum atomic E-state index is -0.350. The molecule has 4 atom stereocenters. The van der Waals surface area contributed by atoms with Gasteiger partial charge in [-0.05, 0) is 125 Å². The molecular weight excluding hydrogens is 725 g/mol. The van der Waals surface area contributed by atoms with Gasteiger partial charge in [-0.25, -0.2) is 9.97 Å². The van der Waals surface area contributed by atoms with Gasteiger partial charge in [0.15, 0.2) is 0 Å². The third kappa shape index (κ3) is 8.32. The van der Waals surface area contributed by atoms with Gasteiger partial charge in [0, 0.05) is 19.6 Å². The molecule has 2 N–H and O–H groups in total. The summed E-state index contributed by atoms with van der Waals surface area (Å²) in [5.74, 6) is 3.07. The molecule has 11 nitrogen and oxygen atoms in total. The third-order valence-electron chi connectivity index (χ3n) is 11.4. The molecule has 2 aliphatic heterocycles. The van der Waals surface area contributed by atoms with Crippen molar-refractivity contribution in [2.75, 3.05) is 47.8 Å². The number of hydrogen-bond donors (Lipinski definition) is 2. The first kappa shape index (κ1) is 38.8. The van der Waals surface area contributed by atoms with Crippen molar-refractivity contribution in [1.29, 1.82) is 0 Å². The van der Waals surface area contributed by atoms with Gasteiger partial charge in [0.05, 0.1) is 41.8 Å². The van der Waals surface area contributed by atoms with Gasteiger partial charge in [-0.1, -0.05) is 60.7 Å². The fourth-order valence-corrected chi connectivity index (χ4v) is 8.51. The number of H-pyrrole nitrogens is 2. The number of imidazole rings is 2. The van der Waals surface area contributed by atoms with Gasteiger partial charge in [0.2, 0.25) is 11.8 Å². The molecule has 0 aliphatic carbocycles. The molecule has 58 heavy (non-hydrogen) atoms. The van der Waals surface area contributed by atoms with Gasteiger partial charge in [-0.3, -0.25) is 14.5 Å². The molecule has 0 unspecified atom stereocenters. The normalized spacial score (nSPS) is 17.9. The van der Waals surface area contributed by atoms with Crippen LogP contribution in [0.15, 0.2) is 122 Å². The average molecular weight is 777 g/mol. The van der Waals surface area contributed by atoms with Crippen molar-refractivity contribution in [1.82, 2.24) is 39.5 Å². The first-order valence-corrected chi connectivity index (χ1v) is 20.2. The quantitative estimate of drug-likeness (QED) is 0.122. The molecule has 2 aromatic heterocycles. The fourth-order valence-electron chi connectivity index (χ4n) is 8.51. The van der Waals surface area contributed by atoms with Crippen LogP contribution in [-0.4, -0.2) is 99.2 Å². The molecule has 8 rings (SSSR count). The topological polar surface area (TPSA) is 114 Å². The van der Waals surface area contributed by atoms with Crippen LogP contribution in [0.25, 0.3) is 22.5 Å². The maximum atomic E-state index is 14.0. The number of aromatic nitrogens is 4. The van der Waals surface area contributed by atoms with Gasteiger partial charge in [0.25, 0.3) is 0 Å². The minimum Gasteiger partial charge on any atom is -0.457 e. The predicted octanol–water partition coefficient (Wildman–Crippen LogP) is 8.23. The van der Waals surface area contributed by atoms with Crippen LogP contribution < -0.4 is 4.74 Å². The number of aromatic amines is 2. The Bertz CT molecular complexity index is 2290. The van der Waals surface area contributed by atoms with Crippen molar-refractivity contribution < 1.29 is 14.3 Å². The zero-order valence-corrected chi connectivity index (χ0v) is 33.7. The SMILES string of the molecule is CN(C)C[C@@H](C(=O)N1CCC[C@H]1c1ncc(-c2ccc(Oc3ccc(-c4cnc([C@@H]5CCCN5C(=O)[C@@H](c5ccccc5)N(C)C)[nH]4)cc3)cc2)[nH]1)c1ccccc1. The van der Waals surface area contributed by atoms with E-state index < -0.39 is 0 Å². The lowest BCUT2D eigenvalue weighted by Gasteiger charge is -2.31. The van der Waals surface area contributed by atoms with E-state index in [1.165, 1.54) is 0 Å². The van der Waals surface area contributed by atoms with Crippen molar-refractivity contribution in [3.8, 4) is 34.0 Å². The summed E-state index contributed by atoms with van der Waals surface area (Å²) in [7, 11) is 7.93. The molecule has 4 aromatic carbocycles. The molecule has 2 amide bonds. The molecule has 0 radical (unpaired) electrons. The summed E-state index contributed by atoms with van der Waals surface area (Å²) < 4.78 is 6.23. The van der Waals surface area contributed by atoms with Crippen LogP contribution in [0.5, 0.6) is 11.5 Å². The summed E-state index contributed by atoms with van der Waals surface area (Å²) in [6, 6.07) is 35.4. The van der Waals surface area contributed by atoms with E-state index in [1.54, 1.807) is 0 Å². The van der Waals surface area contributed by atoms with Crippen LogP contribution in [-0.2, 0) is 9.59 Å². The Hall–Kier alpha value is -6.04. The molecular formula is C47H52N8O3. The smallest absolute Gasteiger partial charge is 0.245 e. The Morgan fingerprint density at radius 2 is 1.12 bits per heavy atom.